The van der Waals surface area contributed by atoms with Gasteiger partial charge in [0.1, 0.15) is 5.51 Å². The molecule has 0 amide bonds. The van der Waals surface area contributed by atoms with E-state index in [1.165, 1.54) is 15.9 Å². The molecule has 21 heavy (non-hydrogen) atoms. The summed E-state index contributed by atoms with van der Waals surface area (Å²) < 4.78 is 1.34. The van der Waals surface area contributed by atoms with Crippen LogP contribution in [0.2, 0.25) is 0 Å². The lowest BCUT2D eigenvalue weighted by Gasteiger charge is -2.31. The van der Waals surface area contributed by atoms with Crippen molar-refractivity contribution in [2.24, 2.45) is 11.1 Å². The van der Waals surface area contributed by atoms with E-state index in [0.717, 1.165) is 25.2 Å². The first-order valence-corrected chi connectivity index (χ1v) is 8.08. The van der Waals surface area contributed by atoms with E-state index in [1.54, 1.807) is 11.6 Å². The average Bonchev–Trinajstić information content (AvgIpc) is 2.87. The first kappa shape index (κ1) is 16.1. The van der Waals surface area contributed by atoms with Gasteiger partial charge in [0.15, 0.2) is 0 Å². The predicted octanol–water partition coefficient (Wildman–Crippen LogP) is 1.35. The Morgan fingerprint density at radius 1 is 1.48 bits per heavy atom. The second kappa shape index (κ2) is 6.64. The number of nitrogens with zero attached hydrogens (tertiary/aromatic N) is 4. The number of rotatable bonds is 7. The van der Waals surface area contributed by atoms with Gasteiger partial charge in [-0.15, -0.1) is 0 Å². The van der Waals surface area contributed by atoms with E-state index in [0.29, 0.717) is 18.1 Å². The summed E-state index contributed by atoms with van der Waals surface area (Å²) in [6, 6.07) is 1.57. The molecule has 0 aromatic carbocycles. The summed E-state index contributed by atoms with van der Waals surface area (Å²) in [6.45, 7) is 9.62. The van der Waals surface area contributed by atoms with E-state index >= 15 is 0 Å². The second-order valence-electron chi connectivity index (χ2n) is 6.10. The van der Waals surface area contributed by atoms with Gasteiger partial charge in [-0.3, -0.25) is 9.69 Å². The Balaban J connectivity index is 2.20. The van der Waals surface area contributed by atoms with Crippen LogP contribution in [0, 0.1) is 5.41 Å². The van der Waals surface area contributed by atoms with E-state index in [4.69, 9.17) is 5.73 Å². The Labute approximate surface area is 128 Å². The lowest BCUT2D eigenvalue weighted by molar-refractivity contribution is 0.174. The topological polar surface area (TPSA) is 76.5 Å². The third-order valence-corrected chi connectivity index (χ3v) is 4.04. The standard InChI is InChI=1S/C14H23N5OS/c1-4-5-18(9-14(2,3)8-15)7-11-6-12(20)19-13(17-11)21-10-16-19/h6,10H,4-5,7-9,15H2,1-3H3. The molecular formula is C14H23N5OS. The minimum atomic E-state index is -0.120. The maximum Gasteiger partial charge on any atom is 0.275 e. The Kier molecular flexibility index (Phi) is 5.08. The highest BCUT2D eigenvalue weighted by Crippen LogP contribution is 2.17. The van der Waals surface area contributed by atoms with Crippen LogP contribution in [0.4, 0.5) is 0 Å². The van der Waals surface area contributed by atoms with Gasteiger partial charge in [-0.05, 0) is 24.9 Å². The van der Waals surface area contributed by atoms with Crippen molar-refractivity contribution in [1.82, 2.24) is 19.5 Å². The van der Waals surface area contributed by atoms with E-state index in [-0.39, 0.29) is 11.0 Å². The fourth-order valence-corrected chi connectivity index (χ4v) is 2.95. The molecule has 0 aliphatic heterocycles. The molecule has 0 fully saturated rings. The van der Waals surface area contributed by atoms with Crippen LogP contribution in [0.15, 0.2) is 16.4 Å². The summed E-state index contributed by atoms with van der Waals surface area (Å²) in [6.07, 6.45) is 1.06. The number of hydrogen-bond acceptors (Lipinski definition) is 6. The molecular weight excluding hydrogens is 286 g/mol. The van der Waals surface area contributed by atoms with Gasteiger partial charge in [0.05, 0.1) is 5.69 Å². The van der Waals surface area contributed by atoms with Gasteiger partial charge >= 0.3 is 0 Å². The van der Waals surface area contributed by atoms with Crippen LogP contribution in [0.1, 0.15) is 32.9 Å². The van der Waals surface area contributed by atoms with Gasteiger partial charge < -0.3 is 5.73 Å². The number of hydrogen-bond donors (Lipinski definition) is 1. The zero-order chi connectivity index (χ0) is 15.5. The third kappa shape index (κ3) is 4.09. The summed E-state index contributed by atoms with van der Waals surface area (Å²) >= 11 is 1.38. The summed E-state index contributed by atoms with van der Waals surface area (Å²) in [7, 11) is 0. The molecule has 2 N–H and O–H groups in total. The largest absolute Gasteiger partial charge is 0.330 e. The Bertz CT molecular complexity index is 648. The fourth-order valence-electron chi connectivity index (χ4n) is 2.31. The van der Waals surface area contributed by atoms with Gasteiger partial charge in [-0.2, -0.15) is 9.61 Å². The molecule has 0 unspecified atom stereocenters. The third-order valence-electron chi connectivity index (χ3n) is 3.37. The fraction of sp³-hybridized carbons (Fsp3) is 0.643. The lowest BCUT2D eigenvalue weighted by Crippen LogP contribution is -2.39. The Morgan fingerprint density at radius 2 is 2.24 bits per heavy atom. The van der Waals surface area contributed by atoms with E-state index < -0.39 is 0 Å². The highest BCUT2D eigenvalue weighted by atomic mass is 32.1. The number of aromatic nitrogens is 3. The minimum absolute atomic E-state index is 0.0544. The van der Waals surface area contributed by atoms with Crippen molar-refractivity contribution in [1.29, 1.82) is 0 Å². The molecule has 0 bridgehead atoms. The lowest BCUT2D eigenvalue weighted by atomic mass is 9.93. The first-order valence-electron chi connectivity index (χ1n) is 7.20. The van der Waals surface area contributed by atoms with Crippen LogP contribution >= 0.6 is 11.3 Å². The SMILES string of the molecule is CCCN(Cc1cc(=O)n2ncsc2n1)CC(C)(C)CN. The number of fused-ring (bicyclic) bond motifs is 1. The zero-order valence-corrected chi connectivity index (χ0v) is 13.7. The highest BCUT2D eigenvalue weighted by Gasteiger charge is 2.20. The average molecular weight is 309 g/mol. The summed E-state index contributed by atoms with van der Waals surface area (Å²) in [5.41, 5.74) is 8.19. The van der Waals surface area contributed by atoms with E-state index in [9.17, 15) is 4.79 Å². The molecule has 0 radical (unpaired) electrons. The van der Waals surface area contributed by atoms with Crippen molar-refractivity contribution in [3.63, 3.8) is 0 Å². The van der Waals surface area contributed by atoms with Gasteiger partial charge in [-0.25, -0.2) is 4.98 Å². The molecule has 0 aliphatic rings. The molecule has 0 aliphatic carbocycles. The van der Waals surface area contributed by atoms with Gasteiger partial charge in [-0.1, -0.05) is 32.1 Å². The maximum absolute atomic E-state index is 12.0. The summed E-state index contributed by atoms with van der Waals surface area (Å²) in [5.74, 6) is 0. The van der Waals surface area contributed by atoms with Crippen molar-refractivity contribution in [3.8, 4) is 0 Å². The van der Waals surface area contributed by atoms with Crippen LogP contribution in [-0.2, 0) is 6.54 Å². The van der Waals surface area contributed by atoms with Crippen LogP contribution in [0.5, 0.6) is 0 Å². The van der Waals surface area contributed by atoms with E-state index in [2.05, 4.69) is 35.8 Å². The maximum atomic E-state index is 12.0. The molecule has 0 saturated carbocycles. The molecule has 116 valence electrons. The molecule has 2 aromatic heterocycles. The molecule has 0 atom stereocenters. The minimum Gasteiger partial charge on any atom is -0.330 e. The summed E-state index contributed by atoms with van der Waals surface area (Å²) in [5, 5.41) is 3.98. The van der Waals surface area contributed by atoms with Gasteiger partial charge in [0.2, 0.25) is 4.96 Å². The van der Waals surface area contributed by atoms with Gasteiger partial charge in [0, 0.05) is 19.2 Å². The molecule has 2 aromatic rings. The van der Waals surface area contributed by atoms with Gasteiger partial charge in [0.25, 0.3) is 5.56 Å². The highest BCUT2D eigenvalue weighted by molar-refractivity contribution is 7.14. The normalized spacial score (nSPS) is 12.4. The number of nitrogens with two attached hydrogens (primary N) is 1. The quantitative estimate of drug-likeness (QED) is 0.835. The Hall–Kier alpha value is -1.31. The van der Waals surface area contributed by atoms with Crippen molar-refractivity contribution in [2.45, 2.75) is 33.7 Å². The van der Waals surface area contributed by atoms with Crippen molar-refractivity contribution in [2.75, 3.05) is 19.6 Å². The smallest absolute Gasteiger partial charge is 0.275 e. The molecule has 0 saturated heterocycles. The molecule has 7 heteroatoms. The molecule has 6 nitrogen and oxygen atoms in total. The van der Waals surface area contributed by atoms with E-state index in [1.807, 2.05) is 0 Å². The second-order valence-corrected chi connectivity index (χ2v) is 6.91. The van der Waals surface area contributed by atoms with Crippen LogP contribution < -0.4 is 11.3 Å². The van der Waals surface area contributed by atoms with Crippen molar-refractivity contribution >= 4 is 16.3 Å². The Morgan fingerprint density at radius 3 is 2.90 bits per heavy atom. The molecule has 0 spiro atoms. The van der Waals surface area contributed by atoms with Crippen LogP contribution in [0.25, 0.3) is 4.96 Å². The monoisotopic (exact) mass is 309 g/mol. The van der Waals surface area contributed by atoms with Crippen LogP contribution in [-0.4, -0.2) is 39.1 Å². The van der Waals surface area contributed by atoms with Crippen molar-refractivity contribution in [3.05, 3.63) is 27.6 Å². The predicted molar refractivity (Wildman–Crippen MR) is 85.5 cm³/mol. The van der Waals surface area contributed by atoms with Crippen LogP contribution in [0.3, 0.4) is 0 Å². The summed E-state index contributed by atoms with van der Waals surface area (Å²) in [4.78, 5) is 19.4. The molecule has 2 heterocycles. The molecule has 2 rings (SSSR count). The first-order chi connectivity index (χ1) is 9.95. The van der Waals surface area contributed by atoms with Crippen molar-refractivity contribution < 1.29 is 0 Å². The zero-order valence-electron chi connectivity index (χ0n) is 12.9.